The maximum absolute atomic E-state index is 12.8. The molecule has 0 bridgehead atoms. The van der Waals surface area contributed by atoms with Gasteiger partial charge >= 0.3 is 0 Å². The van der Waals surface area contributed by atoms with Crippen LogP contribution in [0.1, 0.15) is 5.56 Å². The van der Waals surface area contributed by atoms with Gasteiger partial charge in [-0.05, 0) is 64.9 Å². The number of carbonyl (C=O) groups excluding carboxylic acids is 2. The Kier molecular flexibility index (Phi) is 8.74. The van der Waals surface area contributed by atoms with Gasteiger partial charge in [0.05, 0.1) is 22.8 Å². The zero-order valence-electron chi connectivity index (χ0n) is 21.2. The number of hydrogen-bond acceptors (Lipinski definition) is 6. The van der Waals surface area contributed by atoms with Crippen molar-refractivity contribution >= 4 is 59.9 Å². The van der Waals surface area contributed by atoms with Crippen LogP contribution >= 0.6 is 11.6 Å². The molecule has 0 aromatic heterocycles. The lowest BCUT2D eigenvalue weighted by Gasteiger charge is -2.17. The monoisotopic (exact) mass is 600 g/mol. The third-order valence-electron chi connectivity index (χ3n) is 5.83. The highest BCUT2D eigenvalue weighted by atomic mass is 35.5. The number of likely N-dealkylation sites (N-methyl/N-ethyl adjacent to an activating group) is 1. The molecule has 4 aromatic rings. The lowest BCUT2D eigenvalue weighted by atomic mass is 10.1. The van der Waals surface area contributed by atoms with E-state index >= 15 is 0 Å². The van der Waals surface area contributed by atoms with Crippen molar-refractivity contribution in [3.63, 3.8) is 0 Å². The Morgan fingerprint density at radius 2 is 1.35 bits per heavy atom. The largest absolute Gasteiger partial charge is 0.280 e. The van der Waals surface area contributed by atoms with E-state index in [9.17, 15) is 26.4 Å². The van der Waals surface area contributed by atoms with Crippen LogP contribution in [0.25, 0.3) is 10.8 Å². The molecule has 0 saturated heterocycles. The molecule has 2 amide bonds. The van der Waals surface area contributed by atoms with E-state index < -0.39 is 38.4 Å². The van der Waals surface area contributed by atoms with Gasteiger partial charge in [-0.15, -0.1) is 0 Å². The first-order chi connectivity index (χ1) is 18.9. The van der Waals surface area contributed by atoms with Gasteiger partial charge in [0.1, 0.15) is 0 Å². The summed E-state index contributed by atoms with van der Waals surface area (Å²) in [7, 11) is -6.52. The lowest BCUT2D eigenvalue weighted by molar-refractivity contribution is -0.128. The van der Waals surface area contributed by atoms with Crippen LogP contribution in [0.4, 0.5) is 5.69 Å². The second-order valence-corrected chi connectivity index (χ2v) is 13.0. The molecule has 208 valence electrons. The third-order valence-corrected chi connectivity index (χ3v) is 9.28. The van der Waals surface area contributed by atoms with Crippen LogP contribution in [-0.2, 0) is 36.1 Å². The molecule has 13 heteroatoms. The molecule has 0 heterocycles. The van der Waals surface area contributed by atoms with Crippen molar-refractivity contribution in [1.29, 1.82) is 0 Å². The first-order valence-electron chi connectivity index (χ1n) is 11.8. The molecule has 0 spiro atoms. The van der Waals surface area contributed by atoms with E-state index in [0.29, 0.717) is 16.3 Å². The van der Waals surface area contributed by atoms with Gasteiger partial charge in [0.25, 0.3) is 15.9 Å². The molecule has 0 atom stereocenters. The predicted octanol–water partition coefficient (Wildman–Crippen LogP) is 3.30. The molecule has 4 rings (SSSR count). The van der Waals surface area contributed by atoms with E-state index in [1.54, 1.807) is 24.3 Å². The van der Waals surface area contributed by atoms with Crippen LogP contribution in [0.15, 0.2) is 101 Å². The summed E-state index contributed by atoms with van der Waals surface area (Å²) < 4.78 is 54.2. The fourth-order valence-electron chi connectivity index (χ4n) is 3.72. The molecule has 0 aliphatic carbocycles. The topological polar surface area (TPSA) is 142 Å². The molecule has 0 radical (unpaired) electrons. The summed E-state index contributed by atoms with van der Waals surface area (Å²) in [5.41, 5.74) is 5.29. The van der Waals surface area contributed by atoms with Gasteiger partial charge in [-0.25, -0.2) is 16.8 Å². The molecule has 40 heavy (non-hydrogen) atoms. The second kappa shape index (κ2) is 12.0. The molecule has 0 unspecified atom stereocenters. The second-order valence-electron chi connectivity index (χ2n) is 8.80. The number of fused-ring (bicyclic) bond motifs is 1. The number of anilines is 1. The zero-order valence-corrected chi connectivity index (χ0v) is 23.6. The van der Waals surface area contributed by atoms with E-state index in [4.69, 9.17) is 11.6 Å². The summed E-state index contributed by atoms with van der Waals surface area (Å²) in [5, 5.41) is 2.10. The highest BCUT2D eigenvalue weighted by Gasteiger charge is 2.23. The summed E-state index contributed by atoms with van der Waals surface area (Å²) in [6, 6.07) is 24.0. The Labute approximate surface area is 237 Å². The quantitative estimate of drug-likeness (QED) is 0.252. The van der Waals surface area contributed by atoms with Gasteiger partial charge in [-0.2, -0.15) is 4.31 Å². The summed E-state index contributed by atoms with van der Waals surface area (Å²) in [4.78, 5) is 24.6. The normalized spacial score (nSPS) is 11.8. The minimum Gasteiger partial charge on any atom is -0.280 e. The molecular formula is C27H25ClN4O6S2. The molecule has 10 nitrogen and oxygen atoms in total. The van der Waals surface area contributed by atoms with Gasteiger partial charge in [0.2, 0.25) is 15.9 Å². The van der Waals surface area contributed by atoms with Crippen molar-refractivity contribution in [3.05, 3.63) is 102 Å². The highest BCUT2D eigenvalue weighted by molar-refractivity contribution is 7.92. The van der Waals surface area contributed by atoms with Crippen molar-refractivity contribution in [1.82, 2.24) is 15.2 Å². The number of rotatable bonds is 9. The first-order valence-corrected chi connectivity index (χ1v) is 15.1. The smallest absolute Gasteiger partial charge is 0.261 e. The highest BCUT2D eigenvalue weighted by Crippen LogP contribution is 2.22. The number of hydrazine groups is 1. The van der Waals surface area contributed by atoms with Crippen molar-refractivity contribution in [3.8, 4) is 0 Å². The minimum atomic E-state index is -3.93. The van der Waals surface area contributed by atoms with Crippen LogP contribution in [-0.4, -0.2) is 46.5 Å². The van der Waals surface area contributed by atoms with E-state index in [1.165, 1.54) is 49.5 Å². The van der Waals surface area contributed by atoms with E-state index in [2.05, 4.69) is 15.6 Å². The van der Waals surface area contributed by atoms with Gasteiger partial charge in [0, 0.05) is 17.8 Å². The van der Waals surface area contributed by atoms with Crippen molar-refractivity contribution in [2.45, 2.75) is 16.2 Å². The van der Waals surface area contributed by atoms with Crippen LogP contribution < -0.4 is 15.6 Å². The Hall–Kier alpha value is -3.97. The van der Waals surface area contributed by atoms with Crippen molar-refractivity contribution in [2.75, 3.05) is 18.3 Å². The Balaban J connectivity index is 1.28. The summed E-state index contributed by atoms with van der Waals surface area (Å²) >= 11 is 5.79. The number of nitrogens with one attached hydrogen (secondary N) is 3. The number of halogens is 1. The molecule has 0 fully saturated rings. The average molecular weight is 601 g/mol. The molecule has 0 aliphatic heterocycles. The SMILES string of the molecule is CN(CC(=O)NNC(=O)Cc1ccc(NS(=O)(=O)c2ccc3ccccc3c2)cc1)S(=O)(=O)c1ccc(Cl)cc1. The van der Waals surface area contributed by atoms with Crippen molar-refractivity contribution < 1.29 is 26.4 Å². The number of sulfonamides is 2. The van der Waals surface area contributed by atoms with Crippen LogP contribution in [0.2, 0.25) is 5.02 Å². The van der Waals surface area contributed by atoms with Gasteiger partial charge in [-0.1, -0.05) is 54.1 Å². The number of amides is 2. The molecule has 0 aliphatic rings. The summed E-state index contributed by atoms with van der Waals surface area (Å²) in [6.45, 7) is -0.530. The first kappa shape index (κ1) is 29.0. The zero-order chi connectivity index (χ0) is 28.9. The predicted molar refractivity (Wildman–Crippen MR) is 152 cm³/mol. The maximum atomic E-state index is 12.8. The van der Waals surface area contributed by atoms with Crippen molar-refractivity contribution in [2.24, 2.45) is 0 Å². The molecular weight excluding hydrogens is 576 g/mol. The Bertz CT molecular complexity index is 1760. The Morgan fingerprint density at radius 3 is 2.02 bits per heavy atom. The summed E-state index contributed by atoms with van der Waals surface area (Å²) in [6.07, 6.45) is -0.114. The number of carbonyl (C=O) groups is 2. The Morgan fingerprint density at radius 1 is 0.750 bits per heavy atom. The molecule has 0 saturated carbocycles. The van der Waals surface area contributed by atoms with Gasteiger partial charge < -0.3 is 0 Å². The van der Waals surface area contributed by atoms with Crippen LogP contribution in [0.5, 0.6) is 0 Å². The fourth-order valence-corrected chi connectivity index (χ4v) is 6.07. The van der Waals surface area contributed by atoms with E-state index in [0.717, 1.165) is 15.1 Å². The third kappa shape index (κ3) is 7.16. The van der Waals surface area contributed by atoms with Crippen LogP contribution in [0, 0.1) is 0 Å². The average Bonchev–Trinajstić information content (AvgIpc) is 2.93. The minimum absolute atomic E-state index is 0.0285. The van der Waals surface area contributed by atoms with Gasteiger partial charge in [0.15, 0.2) is 0 Å². The number of nitrogens with zero attached hydrogens (tertiary/aromatic N) is 1. The molecule has 4 aromatic carbocycles. The van der Waals surface area contributed by atoms with E-state index in [1.807, 2.05) is 24.3 Å². The number of benzene rings is 4. The lowest BCUT2D eigenvalue weighted by Crippen LogP contribution is -2.47. The number of hydrogen-bond donors (Lipinski definition) is 3. The maximum Gasteiger partial charge on any atom is 0.261 e. The molecule has 3 N–H and O–H groups in total. The van der Waals surface area contributed by atoms with Gasteiger partial charge in [-0.3, -0.25) is 25.2 Å². The summed E-state index contributed by atoms with van der Waals surface area (Å²) in [5.74, 6) is -1.30. The fraction of sp³-hybridized carbons (Fsp3) is 0.111. The van der Waals surface area contributed by atoms with Crippen LogP contribution in [0.3, 0.4) is 0 Å². The standard InChI is InChI=1S/C27H25ClN4O6S2/c1-32(40(37,38)24-14-9-22(28)10-15-24)18-27(34)30-29-26(33)16-19-6-11-23(12-7-19)31-39(35,36)25-13-8-20-4-2-3-5-21(20)17-25/h2-15,17,31H,16,18H2,1H3,(H,29,33)(H,30,34). The van der Waals surface area contributed by atoms with E-state index in [-0.39, 0.29) is 16.2 Å².